The van der Waals surface area contributed by atoms with Crippen molar-refractivity contribution in [2.45, 2.75) is 116 Å². The Balaban J connectivity index is 0.000000207. The number of fused-ring (bicyclic) bond motifs is 1. The molecule has 0 saturated heterocycles. The molecule has 0 radical (unpaired) electrons. The normalized spacial score (nSPS) is 17.2. The number of ether oxygens (including phenoxy) is 1. The van der Waals surface area contributed by atoms with Gasteiger partial charge < -0.3 is 30.5 Å². The molecule has 10 nitrogen and oxygen atoms in total. The van der Waals surface area contributed by atoms with Crippen LogP contribution in [0.4, 0.5) is 13.2 Å². The average molecular weight is 698 g/mol. The summed E-state index contributed by atoms with van der Waals surface area (Å²) in [5, 5.41) is 40.4. The van der Waals surface area contributed by atoms with Gasteiger partial charge >= 0.3 is 11.9 Å². The van der Waals surface area contributed by atoms with Crippen molar-refractivity contribution in [3.63, 3.8) is 0 Å². The van der Waals surface area contributed by atoms with Gasteiger partial charge in [-0.15, -0.1) is 11.3 Å². The number of rotatable bonds is 12. The number of para-hydroxylation sites is 1. The zero-order valence-electron chi connectivity index (χ0n) is 27.9. The predicted molar refractivity (Wildman–Crippen MR) is 175 cm³/mol. The van der Waals surface area contributed by atoms with Gasteiger partial charge in [-0.2, -0.15) is 13.9 Å². The molecule has 1 fully saturated rings. The number of hydrogen-bond acceptors (Lipinski definition) is 8. The second kappa shape index (κ2) is 16.9. The molecule has 48 heavy (non-hydrogen) atoms. The minimum Gasteiger partial charge on any atom is -0.479 e. The molecule has 3 heterocycles. The van der Waals surface area contributed by atoms with Crippen molar-refractivity contribution in [3.8, 4) is 5.69 Å². The Morgan fingerprint density at radius 1 is 1.06 bits per heavy atom. The Labute approximate surface area is 282 Å². The van der Waals surface area contributed by atoms with Crippen LogP contribution in [0.1, 0.15) is 91.4 Å². The smallest absolute Gasteiger partial charge is 0.335 e. The summed E-state index contributed by atoms with van der Waals surface area (Å²) >= 11 is 1.47. The van der Waals surface area contributed by atoms with Gasteiger partial charge in [0, 0.05) is 34.1 Å². The van der Waals surface area contributed by atoms with Gasteiger partial charge in [-0.1, -0.05) is 45.7 Å². The van der Waals surface area contributed by atoms with E-state index in [1.165, 1.54) is 30.2 Å². The SMILES string of the molecule is CCCC1(CCC)OCC(F)(F)c2cc(C)sc21.CCc1cn(-c2c(F)cccc2CNC2CC2)nc1C.O=C(O)C(O)C(O)C(=O)O. The van der Waals surface area contributed by atoms with Gasteiger partial charge in [0.2, 0.25) is 0 Å². The Morgan fingerprint density at radius 2 is 1.67 bits per heavy atom. The summed E-state index contributed by atoms with van der Waals surface area (Å²) in [4.78, 5) is 21.3. The largest absolute Gasteiger partial charge is 0.479 e. The lowest BCUT2D eigenvalue weighted by atomic mass is 9.85. The summed E-state index contributed by atoms with van der Waals surface area (Å²) in [6.45, 7) is 10.3. The van der Waals surface area contributed by atoms with Crippen molar-refractivity contribution < 1.29 is 47.9 Å². The number of nitrogens with one attached hydrogen (secondary N) is 1. The number of carbonyl (C=O) groups is 2. The highest BCUT2D eigenvalue weighted by molar-refractivity contribution is 7.12. The maximum atomic E-state index is 14.2. The standard InChI is InChI=1S/C16H20FN3.C14H20F2OS.C4H6O6/c1-3-12-10-20(19-11(12)2)16-13(5-4-6-15(16)17)9-18-14-7-8-14;1-4-6-13(7-5-2)12-11(8-10(3)18-12)14(15,16)9-17-13;5-1(3(7)8)2(6)4(9)10/h4-6,10,14,18H,3,7-9H2,1-2H3;8H,4-7,9H2,1-3H3;1-2,5-6H,(H,7,8)(H,9,10). The average Bonchev–Trinajstić information content (AvgIpc) is 3.66. The van der Waals surface area contributed by atoms with Crippen LogP contribution in [0.2, 0.25) is 0 Å². The Hall–Kier alpha value is -3.30. The number of aromatic nitrogens is 2. The van der Waals surface area contributed by atoms with Gasteiger partial charge in [0.25, 0.3) is 5.92 Å². The van der Waals surface area contributed by atoms with E-state index in [1.807, 2.05) is 26.1 Å². The lowest BCUT2D eigenvalue weighted by Crippen LogP contribution is -2.40. The van der Waals surface area contributed by atoms with E-state index in [1.54, 1.807) is 16.8 Å². The number of carboxylic acid groups (broad SMARTS) is 2. The number of alkyl halides is 2. The van der Waals surface area contributed by atoms with E-state index < -0.39 is 42.3 Å². The van der Waals surface area contributed by atoms with Crippen molar-refractivity contribution in [1.82, 2.24) is 15.1 Å². The van der Waals surface area contributed by atoms with Crippen LogP contribution in [0.5, 0.6) is 0 Å². The number of benzene rings is 1. The quantitative estimate of drug-likeness (QED) is 0.154. The molecule has 0 bridgehead atoms. The third-order valence-electron chi connectivity index (χ3n) is 8.15. The molecule has 5 N–H and O–H groups in total. The molecular formula is C34H46F3N3O7S. The van der Waals surface area contributed by atoms with Crippen LogP contribution in [-0.2, 0) is 38.8 Å². The monoisotopic (exact) mass is 697 g/mol. The summed E-state index contributed by atoms with van der Waals surface area (Å²) < 4.78 is 49.4. The zero-order valence-corrected chi connectivity index (χ0v) is 28.7. The van der Waals surface area contributed by atoms with Gasteiger partial charge in [0.15, 0.2) is 12.2 Å². The molecular weight excluding hydrogens is 651 g/mol. The fourth-order valence-corrected chi connectivity index (χ4v) is 6.79. The number of aliphatic hydroxyl groups excluding tert-OH is 2. The maximum absolute atomic E-state index is 14.2. The molecule has 266 valence electrons. The second-order valence-electron chi connectivity index (χ2n) is 12.1. The number of halogens is 3. The van der Waals surface area contributed by atoms with Crippen LogP contribution in [-0.4, -0.2) is 67.0 Å². The first-order chi connectivity index (χ1) is 22.6. The highest BCUT2D eigenvalue weighted by Gasteiger charge is 2.49. The maximum Gasteiger partial charge on any atom is 0.335 e. The van der Waals surface area contributed by atoms with E-state index in [0.29, 0.717) is 18.3 Å². The first-order valence-corrected chi connectivity index (χ1v) is 16.9. The molecule has 3 aromatic rings. The van der Waals surface area contributed by atoms with E-state index >= 15 is 0 Å². The lowest BCUT2D eigenvalue weighted by Gasteiger charge is -2.40. The molecule has 0 spiro atoms. The molecule has 2 atom stereocenters. The summed E-state index contributed by atoms with van der Waals surface area (Å²) in [5.74, 6) is -6.58. The number of hydrogen-bond donors (Lipinski definition) is 5. The molecule has 2 aromatic heterocycles. The first-order valence-electron chi connectivity index (χ1n) is 16.1. The highest BCUT2D eigenvalue weighted by Crippen LogP contribution is 2.51. The molecule has 2 unspecified atom stereocenters. The number of nitrogens with zero attached hydrogens (tertiary/aromatic N) is 2. The second-order valence-corrected chi connectivity index (χ2v) is 13.4. The van der Waals surface area contributed by atoms with Crippen LogP contribution < -0.4 is 5.32 Å². The number of carboxylic acids is 2. The third-order valence-corrected chi connectivity index (χ3v) is 9.38. The van der Waals surface area contributed by atoms with E-state index in [9.17, 15) is 22.8 Å². The predicted octanol–water partition coefficient (Wildman–Crippen LogP) is 5.99. The van der Waals surface area contributed by atoms with Crippen molar-refractivity contribution in [2.75, 3.05) is 6.61 Å². The fraction of sp³-hybridized carbons (Fsp3) is 0.559. The van der Waals surface area contributed by atoms with E-state index in [2.05, 4.69) is 31.2 Å². The molecule has 1 aliphatic heterocycles. The number of thiophene rings is 1. The van der Waals surface area contributed by atoms with Crippen molar-refractivity contribution in [1.29, 1.82) is 0 Å². The molecule has 14 heteroatoms. The van der Waals surface area contributed by atoms with Crippen LogP contribution in [0.15, 0.2) is 30.5 Å². The summed E-state index contributed by atoms with van der Waals surface area (Å²) in [6, 6.07) is 7.48. The molecule has 2 aliphatic rings. The van der Waals surface area contributed by atoms with Crippen LogP contribution in [0.3, 0.4) is 0 Å². The van der Waals surface area contributed by atoms with Gasteiger partial charge in [-0.05, 0) is 69.2 Å². The highest BCUT2D eigenvalue weighted by atomic mass is 32.1. The van der Waals surface area contributed by atoms with Crippen LogP contribution in [0, 0.1) is 19.7 Å². The topological polar surface area (TPSA) is 154 Å². The van der Waals surface area contributed by atoms with Crippen molar-refractivity contribution in [2.24, 2.45) is 0 Å². The van der Waals surface area contributed by atoms with Gasteiger partial charge in [0.05, 0.1) is 5.69 Å². The molecule has 1 aromatic carbocycles. The Kier molecular flexibility index (Phi) is 13.8. The molecule has 1 saturated carbocycles. The van der Waals surface area contributed by atoms with Crippen molar-refractivity contribution in [3.05, 3.63) is 68.4 Å². The van der Waals surface area contributed by atoms with E-state index in [4.69, 9.17) is 25.2 Å². The summed E-state index contributed by atoms with van der Waals surface area (Å²) in [6.07, 6.45) is 4.31. The third kappa shape index (κ3) is 9.65. The van der Waals surface area contributed by atoms with E-state index in [-0.39, 0.29) is 11.4 Å². The molecule has 5 rings (SSSR count). The Morgan fingerprint density at radius 3 is 2.17 bits per heavy atom. The summed E-state index contributed by atoms with van der Waals surface area (Å²) in [7, 11) is 0. The van der Waals surface area contributed by atoms with Crippen LogP contribution in [0.25, 0.3) is 5.69 Å². The lowest BCUT2D eigenvalue weighted by molar-refractivity contribution is -0.172. The van der Waals surface area contributed by atoms with Gasteiger partial charge in [-0.3, -0.25) is 0 Å². The molecule has 1 aliphatic carbocycles. The molecule has 0 amide bonds. The number of aryl methyl sites for hydroxylation is 3. The van der Waals surface area contributed by atoms with Crippen LogP contribution >= 0.6 is 11.3 Å². The van der Waals surface area contributed by atoms with Gasteiger partial charge in [-0.25, -0.2) is 18.7 Å². The first kappa shape index (κ1) is 39.1. The zero-order chi connectivity index (χ0) is 35.8. The van der Waals surface area contributed by atoms with Gasteiger partial charge in [0.1, 0.15) is 23.7 Å². The fourth-order valence-electron chi connectivity index (χ4n) is 5.53. The van der Waals surface area contributed by atoms with E-state index in [0.717, 1.165) is 58.7 Å². The minimum absolute atomic E-state index is 0.207. The number of aliphatic carboxylic acids is 2. The van der Waals surface area contributed by atoms with Crippen molar-refractivity contribution >= 4 is 23.3 Å². The summed E-state index contributed by atoms with van der Waals surface area (Å²) in [5.41, 5.74) is 3.40. The Bertz CT molecular complexity index is 1520. The number of aliphatic hydroxyl groups is 2. The minimum atomic E-state index is -2.83.